The van der Waals surface area contributed by atoms with Gasteiger partial charge in [0.25, 0.3) is 0 Å². The highest BCUT2D eigenvalue weighted by Crippen LogP contribution is 2.43. The Morgan fingerprint density at radius 3 is 1.87 bits per heavy atom. The predicted molar refractivity (Wildman–Crippen MR) is 121 cm³/mol. The summed E-state index contributed by atoms with van der Waals surface area (Å²) >= 11 is 0. The zero-order valence-corrected chi connectivity index (χ0v) is 17.5. The Labute approximate surface area is 178 Å². The highest BCUT2D eigenvalue weighted by Gasteiger charge is 2.42. The van der Waals surface area contributed by atoms with Gasteiger partial charge >= 0.3 is 0 Å². The summed E-state index contributed by atoms with van der Waals surface area (Å²) in [5, 5.41) is 0. The van der Waals surface area contributed by atoms with Gasteiger partial charge in [-0.3, -0.25) is 0 Å². The van der Waals surface area contributed by atoms with Crippen molar-refractivity contribution in [1.82, 2.24) is 9.80 Å². The number of benzene rings is 3. The summed E-state index contributed by atoms with van der Waals surface area (Å²) in [5.74, 6) is 2.01. The molecule has 0 N–H and O–H groups in total. The number of fused-ring (bicyclic) bond motifs is 1. The topological polar surface area (TPSA) is 28.1 Å². The van der Waals surface area contributed by atoms with Gasteiger partial charge in [0.2, 0.25) is 0 Å². The zero-order chi connectivity index (χ0) is 20.5. The van der Waals surface area contributed by atoms with Crippen molar-refractivity contribution in [3.8, 4) is 5.75 Å². The maximum atomic E-state index is 6.00. The second-order valence-electron chi connectivity index (χ2n) is 8.14. The van der Waals surface area contributed by atoms with Crippen molar-refractivity contribution in [3.05, 3.63) is 102 Å². The van der Waals surface area contributed by atoms with Gasteiger partial charge in [0.05, 0.1) is 18.1 Å². The second-order valence-corrected chi connectivity index (χ2v) is 8.14. The number of hydrogen-bond donors (Lipinski definition) is 0. The molecule has 3 aromatic rings. The highest BCUT2D eigenvalue weighted by atomic mass is 16.5. The van der Waals surface area contributed by atoms with Crippen LogP contribution < -0.4 is 4.74 Å². The molecule has 3 atom stereocenters. The normalized spacial score (nSPS) is 23.1. The molecule has 2 aliphatic heterocycles. The molecule has 30 heavy (non-hydrogen) atoms. The average Bonchev–Trinajstić information content (AvgIpc) is 3.05. The summed E-state index contributed by atoms with van der Waals surface area (Å²) in [6.45, 7) is 0.619. The van der Waals surface area contributed by atoms with Crippen molar-refractivity contribution in [2.45, 2.75) is 24.5 Å². The maximum absolute atomic E-state index is 6.00. The molecule has 1 fully saturated rings. The fourth-order valence-electron chi connectivity index (χ4n) is 4.77. The van der Waals surface area contributed by atoms with Crippen molar-refractivity contribution in [1.29, 1.82) is 0 Å². The minimum Gasteiger partial charge on any atom is -0.491 e. The molecule has 1 saturated heterocycles. The van der Waals surface area contributed by atoms with Crippen molar-refractivity contribution >= 4 is 5.96 Å². The number of guanidine groups is 1. The van der Waals surface area contributed by atoms with E-state index in [1.54, 1.807) is 0 Å². The third-order valence-electron chi connectivity index (χ3n) is 6.20. The number of nitrogens with zero attached hydrogens (tertiary/aromatic N) is 3. The van der Waals surface area contributed by atoms with Crippen LogP contribution >= 0.6 is 0 Å². The van der Waals surface area contributed by atoms with Gasteiger partial charge in [0, 0.05) is 20.5 Å². The van der Waals surface area contributed by atoms with E-state index in [9.17, 15) is 0 Å². The van der Waals surface area contributed by atoms with E-state index in [-0.39, 0.29) is 18.1 Å². The molecule has 3 aromatic carbocycles. The van der Waals surface area contributed by atoms with E-state index in [0.717, 1.165) is 18.1 Å². The van der Waals surface area contributed by atoms with Crippen molar-refractivity contribution in [3.63, 3.8) is 0 Å². The summed E-state index contributed by atoms with van der Waals surface area (Å²) < 4.78 is 6.00. The summed E-state index contributed by atoms with van der Waals surface area (Å²) in [6.07, 6.45) is 0.910. The molecule has 0 aliphatic carbocycles. The average molecular weight is 398 g/mol. The summed E-state index contributed by atoms with van der Waals surface area (Å²) in [7, 11) is 4.32. The number of likely N-dealkylation sites (N-methyl/N-ethyl adjacent to an activating group) is 2. The molecule has 0 saturated carbocycles. The van der Waals surface area contributed by atoms with Crippen LogP contribution in [0.5, 0.6) is 5.75 Å². The van der Waals surface area contributed by atoms with Crippen molar-refractivity contribution in [2.24, 2.45) is 4.99 Å². The van der Waals surface area contributed by atoms with Crippen molar-refractivity contribution < 1.29 is 4.74 Å². The van der Waals surface area contributed by atoms with Crippen LogP contribution in [0.3, 0.4) is 0 Å². The Morgan fingerprint density at radius 2 is 1.27 bits per heavy atom. The molecule has 0 amide bonds. The molecule has 2 heterocycles. The Hall–Kier alpha value is -3.27. The summed E-state index contributed by atoms with van der Waals surface area (Å²) in [5.41, 5.74) is 3.84. The minimum absolute atomic E-state index is 0.116. The molecule has 5 rings (SSSR count). The fourth-order valence-corrected chi connectivity index (χ4v) is 4.77. The molecule has 2 aliphatic rings. The third-order valence-corrected chi connectivity index (χ3v) is 6.20. The molecule has 0 bridgehead atoms. The van der Waals surface area contributed by atoms with Gasteiger partial charge in [0.1, 0.15) is 12.4 Å². The number of hydrogen-bond acceptors (Lipinski definition) is 2. The summed E-state index contributed by atoms with van der Waals surface area (Å²) in [6, 6.07) is 30.3. The lowest BCUT2D eigenvalue weighted by molar-refractivity contribution is 0.262. The molecule has 152 valence electrons. The lowest BCUT2D eigenvalue weighted by atomic mass is 9.93. The molecule has 0 radical (unpaired) electrons. The first-order valence-electron chi connectivity index (χ1n) is 10.6. The van der Waals surface area contributed by atoms with Crippen LogP contribution in [0.4, 0.5) is 0 Å². The standard InChI is InChI=1S/C26H27N3O/c1-28-24(19-11-5-3-6-12-19)25(20-13-7-4-8-14-20)29(2)26(28)27-22-17-21-15-9-10-16-23(21)30-18-22/h3-16,22,24-25H,17-18H2,1-2H3. The van der Waals surface area contributed by atoms with Crippen LogP contribution in [0.15, 0.2) is 89.9 Å². The predicted octanol–water partition coefficient (Wildman–Crippen LogP) is 4.71. The SMILES string of the molecule is CN1C(=NC2COc3ccccc3C2)N(C)C(c2ccccc2)C1c1ccccc1. The van der Waals surface area contributed by atoms with Crippen molar-refractivity contribution in [2.75, 3.05) is 20.7 Å². The highest BCUT2D eigenvalue weighted by molar-refractivity contribution is 5.83. The number of para-hydroxylation sites is 1. The molecule has 0 spiro atoms. The smallest absolute Gasteiger partial charge is 0.197 e. The maximum Gasteiger partial charge on any atom is 0.197 e. The van der Waals surface area contributed by atoms with Gasteiger partial charge in [-0.1, -0.05) is 78.9 Å². The molecule has 4 heteroatoms. The molecule has 4 nitrogen and oxygen atoms in total. The van der Waals surface area contributed by atoms with E-state index >= 15 is 0 Å². The monoisotopic (exact) mass is 397 g/mol. The lowest BCUT2D eigenvalue weighted by Gasteiger charge is -2.26. The lowest BCUT2D eigenvalue weighted by Crippen LogP contribution is -2.34. The van der Waals surface area contributed by atoms with E-state index in [0.29, 0.717) is 6.61 Å². The Kier molecular flexibility index (Phi) is 4.91. The van der Waals surface area contributed by atoms with Gasteiger partial charge in [-0.05, 0) is 22.8 Å². The number of aliphatic imine (C=N–C) groups is 1. The van der Waals surface area contributed by atoms with Crippen LogP contribution in [0.25, 0.3) is 0 Å². The van der Waals surface area contributed by atoms with Gasteiger partial charge in [0.15, 0.2) is 5.96 Å². The van der Waals surface area contributed by atoms with Crippen LogP contribution in [0.1, 0.15) is 28.8 Å². The van der Waals surface area contributed by atoms with Crippen LogP contribution in [0.2, 0.25) is 0 Å². The fraction of sp³-hybridized carbons (Fsp3) is 0.269. The Morgan fingerprint density at radius 1 is 0.733 bits per heavy atom. The van der Waals surface area contributed by atoms with E-state index < -0.39 is 0 Å². The van der Waals surface area contributed by atoms with E-state index in [1.807, 2.05) is 12.1 Å². The first-order chi connectivity index (χ1) is 14.7. The molecule has 3 unspecified atom stereocenters. The Bertz CT molecular complexity index is 981. The molecule has 0 aromatic heterocycles. The minimum atomic E-state index is 0.116. The van der Waals surface area contributed by atoms with Gasteiger partial charge in [-0.15, -0.1) is 0 Å². The first-order valence-corrected chi connectivity index (χ1v) is 10.6. The molecular formula is C26H27N3O. The quantitative estimate of drug-likeness (QED) is 0.641. The summed E-state index contributed by atoms with van der Waals surface area (Å²) in [4.78, 5) is 9.84. The van der Waals surface area contributed by atoms with Gasteiger partial charge in [-0.2, -0.15) is 0 Å². The first kappa shape index (κ1) is 18.7. The van der Waals surface area contributed by atoms with Gasteiger partial charge < -0.3 is 14.5 Å². The third kappa shape index (κ3) is 3.32. The zero-order valence-electron chi connectivity index (χ0n) is 17.5. The largest absolute Gasteiger partial charge is 0.491 e. The Balaban J connectivity index is 1.51. The van der Waals surface area contributed by atoms with Crippen LogP contribution in [-0.4, -0.2) is 42.5 Å². The van der Waals surface area contributed by atoms with Crippen LogP contribution in [0, 0.1) is 0 Å². The number of rotatable bonds is 3. The second kappa shape index (κ2) is 7.86. The van der Waals surface area contributed by atoms with Crippen LogP contribution in [-0.2, 0) is 6.42 Å². The van der Waals surface area contributed by atoms with E-state index in [4.69, 9.17) is 9.73 Å². The molecular weight excluding hydrogens is 370 g/mol. The van der Waals surface area contributed by atoms with Gasteiger partial charge in [-0.25, -0.2) is 4.99 Å². The number of ether oxygens (including phenoxy) is 1. The van der Waals surface area contributed by atoms with E-state index in [2.05, 4.69) is 96.7 Å². The van der Waals surface area contributed by atoms with E-state index in [1.165, 1.54) is 16.7 Å².